The average molecular weight is 381 g/mol. The molecule has 0 spiro atoms. The quantitative estimate of drug-likeness (QED) is 0.712. The number of fused-ring (bicyclic) bond motifs is 1. The first-order valence-corrected chi connectivity index (χ1v) is 9.14. The van der Waals surface area contributed by atoms with Crippen molar-refractivity contribution in [2.45, 2.75) is 32.9 Å². The maximum absolute atomic E-state index is 13.0. The zero-order valence-corrected chi connectivity index (χ0v) is 16.1. The number of aromatic nitrogens is 2. The van der Waals surface area contributed by atoms with Gasteiger partial charge in [0.25, 0.3) is 5.56 Å². The number of para-hydroxylation sites is 1. The lowest BCUT2D eigenvalue weighted by Crippen LogP contribution is -2.43. The fourth-order valence-corrected chi connectivity index (χ4v) is 3.11. The molecule has 0 saturated carbocycles. The molecule has 0 aliphatic heterocycles. The summed E-state index contributed by atoms with van der Waals surface area (Å²) in [6.45, 7) is 3.52. The van der Waals surface area contributed by atoms with Gasteiger partial charge in [0, 0.05) is 17.8 Å². The van der Waals surface area contributed by atoms with E-state index < -0.39 is 5.69 Å². The van der Waals surface area contributed by atoms with Gasteiger partial charge < -0.3 is 10.1 Å². The number of hydrogen-bond acceptors (Lipinski definition) is 4. The van der Waals surface area contributed by atoms with Crippen molar-refractivity contribution in [1.82, 2.24) is 9.13 Å². The minimum Gasteiger partial charge on any atom is -0.497 e. The molecule has 146 valence electrons. The summed E-state index contributed by atoms with van der Waals surface area (Å²) in [6.07, 6.45) is 0.628. The van der Waals surface area contributed by atoms with Crippen LogP contribution < -0.4 is 21.3 Å². The summed E-state index contributed by atoms with van der Waals surface area (Å²) in [7, 11) is 1.55. The van der Waals surface area contributed by atoms with E-state index >= 15 is 0 Å². The Hall–Kier alpha value is -3.35. The van der Waals surface area contributed by atoms with E-state index in [1.165, 1.54) is 9.13 Å². The first-order chi connectivity index (χ1) is 13.5. The molecular weight excluding hydrogens is 358 g/mol. The molecule has 0 radical (unpaired) electrons. The molecule has 3 rings (SSSR count). The second-order valence-electron chi connectivity index (χ2n) is 6.60. The lowest BCUT2D eigenvalue weighted by atomic mass is 10.2. The van der Waals surface area contributed by atoms with Gasteiger partial charge in [-0.3, -0.25) is 18.7 Å². The summed E-state index contributed by atoms with van der Waals surface area (Å²) in [6, 6.07) is 13.5. The molecule has 1 N–H and O–H groups in total. The Morgan fingerprint density at radius 2 is 1.89 bits per heavy atom. The highest BCUT2D eigenvalue weighted by Gasteiger charge is 2.18. The van der Waals surface area contributed by atoms with E-state index in [2.05, 4.69) is 5.32 Å². The number of nitrogens with zero attached hydrogens (tertiary/aromatic N) is 2. The SMILES string of the molecule is CC[C@H](C)n1c(=O)c2ccccc2n(CC(=O)Nc2cccc(OC)c2)c1=O. The van der Waals surface area contributed by atoms with Crippen molar-refractivity contribution in [3.8, 4) is 5.75 Å². The van der Waals surface area contributed by atoms with Crippen LogP contribution in [0.15, 0.2) is 58.1 Å². The number of amides is 1. The van der Waals surface area contributed by atoms with Crippen LogP contribution >= 0.6 is 0 Å². The summed E-state index contributed by atoms with van der Waals surface area (Å²) in [5.74, 6) is 0.251. The van der Waals surface area contributed by atoms with Gasteiger partial charge in [0.05, 0.1) is 18.0 Å². The van der Waals surface area contributed by atoms with Crippen LogP contribution in [0.4, 0.5) is 5.69 Å². The molecule has 7 nitrogen and oxygen atoms in total. The van der Waals surface area contributed by atoms with Crippen molar-refractivity contribution in [3.05, 3.63) is 69.4 Å². The van der Waals surface area contributed by atoms with Crippen LogP contribution in [0.1, 0.15) is 26.3 Å². The van der Waals surface area contributed by atoms with Crippen LogP contribution in [0.5, 0.6) is 5.75 Å². The standard InChI is InChI=1S/C21H23N3O4/c1-4-14(2)24-20(26)17-10-5-6-11-18(17)23(21(24)27)13-19(25)22-15-8-7-9-16(12-15)28-3/h5-12,14H,4,13H2,1-3H3,(H,22,25)/t14-/m0/s1. The molecule has 3 aromatic rings. The van der Waals surface area contributed by atoms with Gasteiger partial charge in [0.2, 0.25) is 5.91 Å². The Balaban J connectivity index is 2.03. The predicted octanol–water partition coefficient (Wildman–Crippen LogP) is 2.78. The fourth-order valence-electron chi connectivity index (χ4n) is 3.11. The van der Waals surface area contributed by atoms with Crippen LogP contribution in [0.2, 0.25) is 0 Å². The molecule has 7 heteroatoms. The third kappa shape index (κ3) is 3.69. The van der Waals surface area contributed by atoms with Crippen molar-refractivity contribution in [2.24, 2.45) is 0 Å². The number of methoxy groups -OCH3 is 1. The van der Waals surface area contributed by atoms with Crippen LogP contribution in [-0.2, 0) is 11.3 Å². The molecule has 0 unspecified atom stereocenters. The first-order valence-electron chi connectivity index (χ1n) is 9.14. The number of hydrogen-bond donors (Lipinski definition) is 1. The highest BCUT2D eigenvalue weighted by molar-refractivity contribution is 5.91. The van der Waals surface area contributed by atoms with E-state index in [1.807, 2.05) is 13.8 Å². The van der Waals surface area contributed by atoms with Crippen molar-refractivity contribution in [3.63, 3.8) is 0 Å². The second kappa shape index (κ2) is 8.12. The van der Waals surface area contributed by atoms with E-state index in [0.29, 0.717) is 28.8 Å². The molecule has 28 heavy (non-hydrogen) atoms. The Labute approximate surface area is 162 Å². The third-order valence-electron chi connectivity index (χ3n) is 4.77. The molecule has 1 amide bonds. The molecule has 1 aromatic heterocycles. The van der Waals surface area contributed by atoms with Gasteiger partial charge in [0.15, 0.2) is 0 Å². The second-order valence-corrected chi connectivity index (χ2v) is 6.60. The van der Waals surface area contributed by atoms with Crippen molar-refractivity contribution < 1.29 is 9.53 Å². The number of nitrogens with one attached hydrogen (secondary N) is 1. The van der Waals surface area contributed by atoms with E-state index in [0.717, 1.165) is 0 Å². The third-order valence-corrected chi connectivity index (χ3v) is 4.77. The van der Waals surface area contributed by atoms with Crippen molar-refractivity contribution in [2.75, 3.05) is 12.4 Å². The van der Waals surface area contributed by atoms with E-state index in [9.17, 15) is 14.4 Å². The fraction of sp³-hybridized carbons (Fsp3) is 0.286. The Morgan fingerprint density at radius 1 is 1.14 bits per heavy atom. The molecule has 1 heterocycles. The first kappa shape index (κ1) is 19.4. The van der Waals surface area contributed by atoms with Crippen LogP contribution in [0.3, 0.4) is 0 Å². The summed E-state index contributed by atoms with van der Waals surface area (Å²) in [5, 5.41) is 3.18. The maximum atomic E-state index is 13.0. The number of carbonyl (C=O) groups excluding carboxylic acids is 1. The molecule has 0 saturated heterocycles. The topological polar surface area (TPSA) is 82.3 Å². The molecule has 2 aromatic carbocycles. The highest BCUT2D eigenvalue weighted by atomic mass is 16.5. The van der Waals surface area contributed by atoms with Crippen LogP contribution in [0.25, 0.3) is 10.9 Å². The van der Waals surface area contributed by atoms with E-state index in [-0.39, 0.29) is 24.1 Å². The predicted molar refractivity (Wildman–Crippen MR) is 109 cm³/mol. The largest absolute Gasteiger partial charge is 0.497 e. The Morgan fingerprint density at radius 3 is 2.61 bits per heavy atom. The lowest BCUT2D eigenvalue weighted by molar-refractivity contribution is -0.116. The molecular formula is C21H23N3O4. The average Bonchev–Trinajstić information content (AvgIpc) is 2.71. The summed E-state index contributed by atoms with van der Waals surface area (Å²) < 4.78 is 7.72. The summed E-state index contributed by atoms with van der Waals surface area (Å²) >= 11 is 0. The van der Waals surface area contributed by atoms with Gasteiger partial charge in [-0.1, -0.05) is 25.1 Å². The summed E-state index contributed by atoms with van der Waals surface area (Å²) in [5.41, 5.74) is 0.188. The molecule has 0 bridgehead atoms. The van der Waals surface area contributed by atoms with Crippen LogP contribution in [0, 0.1) is 0 Å². The number of ether oxygens (including phenoxy) is 1. The van der Waals surface area contributed by atoms with Gasteiger partial charge in [-0.25, -0.2) is 4.79 Å². The van der Waals surface area contributed by atoms with E-state index in [1.54, 1.807) is 55.6 Å². The number of carbonyl (C=O) groups is 1. The normalized spacial score (nSPS) is 12.0. The monoisotopic (exact) mass is 381 g/mol. The molecule has 0 aliphatic carbocycles. The lowest BCUT2D eigenvalue weighted by Gasteiger charge is -2.17. The van der Waals surface area contributed by atoms with Gasteiger partial charge in [-0.05, 0) is 37.6 Å². The van der Waals surface area contributed by atoms with Gasteiger partial charge in [-0.2, -0.15) is 0 Å². The van der Waals surface area contributed by atoms with Crippen LogP contribution in [-0.4, -0.2) is 22.2 Å². The van der Waals surface area contributed by atoms with Gasteiger partial charge in [-0.15, -0.1) is 0 Å². The van der Waals surface area contributed by atoms with E-state index in [4.69, 9.17) is 4.74 Å². The van der Waals surface area contributed by atoms with Crippen molar-refractivity contribution in [1.29, 1.82) is 0 Å². The molecule has 0 aliphatic rings. The zero-order chi connectivity index (χ0) is 20.3. The number of anilines is 1. The molecule has 1 atom stereocenters. The number of rotatable bonds is 6. The van der Waals surface area contributed by atoms with Gasteiger partial charge >= 0.3 is 5.69 Å². The van der Waals surface area contributed by atoms with Gasteiger partial charge in [0.1, 0.15) is 12.3 Å². The minimum absolute atomic E-state index is 0.201. The highest BCUT2D eigenvalue weighted by Crippen LogP contribution is 2.17. The Bertz CT molecular complexity index is 1130. The maximum Gasteiger partial charge on any atom is 0.332 e. The summed E-state index contributed by atoms with van der Waals surface area (Å²) in [4.78, 5) is 38.4. The smallest absolute Gasteiger partial charge is 0.332 e. The zero-order valence-electron chi connectivity index (χ0n) is 16.1. The molecule has 0 fully saturated rings. The Kier molecular flexibility index (Phi) is 5.63. The number of benzene rings is 2. The minimum atomic E-state index is -0.487. The van der Waals surface area contributed by atoms with Crippen molar-refractivity contribution >= 4 is 22.5 Å².